The van der Waals surface area contributed by atoms with Crippen molar-refractivity contribution in [3.05, 3.63) is 25.4 Å². The lowest BCUT2D eigenvalue weighted by atomic mass is 10.1. The Morgan fingerprint density at radius 2 is 2.21 bits per heavy atom. The predicted octanol–water partition coefficient (Wildman–Crippen LogP) is 5.18. The SMILES string of the molecule is CC(C)Cc1nc(-c2cc(Br)c(Cl)s2)sc1C(=O)O. The summed E-state index contributed by atoms with van der Waals surface area (Å²) in [5.41, 5.74) is 0.656. The molecule has 1 N–H and O–H groups in total. The highest BCUT2D eigenvalue weighted by atomic mass is 79.9. The first-order valence-corrected chi connectivity index (χ1v) is 8.37. The van der Waals surface area contributed by atoms with Crippen LogP contribution >= 0.6 is 50.2 Å². The molecule has 2 aromatic heterocycles. The van der Waals surface area contributed by atoms with Crippen LogP contribution < -0.4 is 0 Å². The standard InChI is InChI=1S/C12H11BrClNO2S2/c1-5(2)3-7-9(12(16)17)19-11(15-7)8-4-6(13)10(14)18-8/h4-5H,3H2,1-2H3,(H,16,17). The van der Waals surface area contributed by atoms with Crippen molar-refractivity contribution in [2.75, 3.05) is 0 Å². The second kappa shape index (κ2) is 5.91. The number of carbonyl (C=O) groups is 1. The van der Waals surface area contributed by atoms with E-state index in [1.807, 2.05) is 19.9 Å². The fourth-order valence-corrected chi connectivity index (χ4v) is 4.28. The molecule has 0 fully saturated rings. The topological polar surface area (TPSA) is 50.2 Å². The van der Waals surface area contributed by atoms with Gasteiger partial charge in [0.05, 0.1) is 10.6 Å². The molecule has 2 heterocycles. The molecule has 19 heavy (non-hydrogen) atoms. The number of nitrogens with zero attached hydrogens (tertiary/aromatic N) is 1. The minimum atomic E-state index is -0.916. The van der Waals surface area contributed by atoms with Crippen LogP contribution in [0.25, 0.3) is 9.88 Å². The number of aromatic nitrogens is 1. The van der Waals surface area contributed by atoms with Crippen LogP contribution in [0.5, 0.6) is 0 Å². The quantitative estimate of drug-likeness (QED) is 0.794. The number of thiophene rings is 1. The third-order valence-corrected chi connectivity index (χ3v) is 6.08. The van der Waals surface area contributed by atoms with Crippen molar-refractivity contribution < 1.29 is 9.90 Å². The molecule has 0 unspecified atom stereocenters. The first-order chi connectivity index (χ1) is 8.88. The fraction of sp³-hybridized carbons (Fsp3) is 0.333. The molecule has 0 amide bonds. The van der Waals surface area contributed by atoms with Gasteiger partial charge in [-0.2, -0.15) is 0 Å². The molecule has 0 aliphatic carbocycles. The van der Waals surface area contributed by atoms with Crippen LogP contribution in [-0.4, -0.2) is 16.1 Å². The number of halogens is 2. The fourth-order valence-electron chi connectivity index (χ4n) is 1.60. The summed E-state index contributed by atoms with van der Waals surface area (Å²) in [6.45, 7) is 4.09. The first-order valence-electron chi connectivity index (χ1n) is 5.56. The minimum Gasteiger partial charge on any atom is -0.477 e. The van der Waals surface area contributed by atoms with Crippen molar-refractivity contribution in [1.82, 2.24) is 4.98 Å². The van der Waals surface area contributed by atoms with Crippen molar-refractivity contribution in [2.24, 2.45) is 5.92 Å². The summed E-state index contributed by atoms with van der Waals surface area (Å²) in [4.78, 5) is 16.9. The van der Waals surface area contributed by atoms with E-state index in [1.54, 1.807) is 0 Å². The molecule has 0 saturated heterocycles. The van der Waals surface area contributed by atoms with Crippen LogP contribution in [0.1, 0.15) is 29.2 Å². The largest absolute Gasteiger partial charge is 0.477 e. The van der Waals surface area contributed by atoms with Crippen molar-refractivity contribution >= 4 is 56.2 Å². The summed E-state index contributed by atoms with van der Waals surface area (Å²) in [5.74, 6) is -0.548. The Morgan fingerprint density at radius 3 is 2.68 bits per heavy atom. The molecular weight excluding hydrogens is 370 g/mol. The second-order valence-corrected chi connectivity index (χ2v) is 7.94. The van der Waals surface area contributed by atoms with Crippen LogP contribution in [0.2, 0.25) is 4.34 Å². The molecule has 2 aromatic rings. The normalized spacial score (nSPS) is 11.2. The van der Waals surface area contributed by atoms with Crippen LogP contribution in [0.15, 0.2) is 10.5 Å². The molecule has 7 heteroatoms. The van der Waals surface area contributed by atoms with Crippen molar-refractivity contribution in [1.29, 1.82) is 0 Å². The monoisotopic (exact) mass is 379 g/mol. The molecule has 102 valence electrons. The zero-order valence-corrected chi connectivity index (χ0v) is 14.2. The van der Waals surface area contributed by atoms with Gasteiger partial charge >= 0.3 is 5.97 Å². The molecule has 0 saturated carbocycles. The summed E-state index contributed by atoms with van der Waals surface area (Å²) in [5, 5.41) is 9.95. The third-order valence-electron chi connectivity index (χ3n) is 2.35. The summed E-state index contributed by atoms with van der Waals surface area (Å²) < 4.78 is 1.46. The number of aromatic carboxylic acids is 1. The van der Waals surface area contributed by atoms with Gasteiger partial charge in [0.2, 0.25) is 0 Å². The molecule has 0 atom stereocenters. The van der Waals surface area contributed by atoms with E-state index in [2.05, 4.69) is 20.9 Å². The van der Waals surface area contributed by atoms with Gasteiger partial charge in [-0.3, -0.25) is 0 Å². The van der Waals surface area contributed by atoms with Crippen LogP contribution in [0.3, 0.4) is 0 Å². The summed E-state index contributed by atoms with van der Waals surface area (Å²) in [6, 6.07) is 1.87. The lowest BCUT2D eigenvalue weighted by Crippen LogP contribution is -2.02. The van der Waals surface area contributed by atoms with E-state index in [4.69, 9.17) is 11.6 Å². The van der Waals surface area contributed by atoms with Gasteiger partial charge in [-0.15, -0.1) is 22.7 Å². The zero-order chi connectivity index (χ0) is 14.2. The van der Waals surface area contributed by atoms with Gasteiger partial charge in [0.25, 0.3) is 0 Å². The highest BCUT2D eigenvalue weighted by Crippen LogP contribution is 2.40. The molecule has 0 aromatic carbocycles. The van der Waals surface area contributed by atoms with Gasteiger partial charge < -0.3 is 5.11 Å². The van der Waals surface area contributed by atoms with E-state index in [-0.39, 0.29) is 0 Å². The number of carboxylic acids is 1. The average molecular weight is 381 g/mol. The Bertz CT molecular complexity index is 602. The van der Waals surface area contributed by atoms with Gasteiger partial charge in [-0.25, -0.2) is 9.78 Å². The van der Waals surface area contributed by atoms with Gasteiger partial charge in [-0.05, 0) is 34.3 Å². The molecule has 0 radical (unpaired) electrons. The lowest BCUT2D eigenvalue weighted by Gasteiger charge is -2.01. The number of carboxylic acid groups (broad SMARTS) is 1. The highest BCUT2D eigenvalue weighted by Gasteiger charge is 2.20. The Kier molecular flexibility index (Phi) is 4.66. The third kappa shape index (κ3) is 3.37. The Morgan fingerprint density at radius 1 is 1.53 bits per heavy atom. The van der Waals surface area contributed by atoms with Crippen LogP contribution in [-0.2, 0) is 6.42 Å². The lowest BCUT2D eigenvalue weighted by molar-refractivity contribution is 0.0700. The van der Waals surface area contributed by atoms with Crippen molar-refractivity contribution in [3.63, 3.8) is 0 Å². The molecule has 2 rings (SSSR count). The van der Waals surface area contributed by atoms with E-state index < -0.39 is 5.97 Å². The Hall–Kier alpha value is -0.430. The van der Waals surface area contributed by atoms with Gasteiger partial charge in [0.15, 0.2) is 0 Å². The molecule has 0 spiro atoms. The Balaban J connectivity index is 2.45. The van der Waals surface area contributed by atoms with Gasteiger partial charge in [-0.1, -0.05) is 25.4 Å². The maximum absolute atomic E-state index is 11.3. The van der Waals surface area contributed by atoms with E-state index in [9.17, 15) is 9.90 Å². The molecular formula is C12H11BrClNO2S2. The van der Waals surface area contributed by atoms with E-state index in [0.29, 0.717) is 32.3 Å². The highest BCUT2D eigenvalue weighted by molar-refractivity contribution is 9.10. The smallest absolute Gasteiger partial charge is 0.347 e. The summed E-state index contributed by atoms with van der Waals surface area (Å²) in [6.07, 6.45) is 0.665. The van der Waals surface area contributed by atoms with E-state index in [0.717, 1.165) is 9.35 Å². The van der Waals surface area contributed by atoms with Crippen LogP contribution in [0.4, 0.5) is 0 Å². The van der Waals surface area contributed by atoms with Crippen molar-refractivity contribution in [2.45, 2.75) is 20.3 Å². The van der Waals surface area contributed by atoms with Gasteiger partial charge in [0, 0.05) is 4.47 Å². The maximum atomic E-state index is 11.3. The molecule has 0 aliphatic heterocycles. The molecule has 3 nitrogen and oxygen atoms in total. The maximum Gasteiger partial charge on any atom is 0.347 e. The first kappa shape index (κ1) is 15.0. The predicted molar refractivity (Wildman–Crippen MR) is 83.6 cm³/mol. The number of thiazole rings is 1. The molecule has 0 bridgehead atoms. The van der Waals surface area contributed by atoms with E-state index in [1.165, 1.54) is 22.7 Å². The summed E-state index contributed by atoms with van der Waals surface area (Å²) in [7, 11) is 0. The van der Waals surface area contributed by atoms with Gasteiger partial charge in [0.1, 0.15) is 14.2 Å². The number of rotatable bonds is 4. The average Bonchev–Trinajstić information content (AvgIpc) is 2.83. The molecule has 0 aliphatic rings. The second-order valence-electron chi connectivity index (χ2n) is 4.43. The zero-order valence-electron chi connectivity index (χ0n) is 10.2. The van der Waals surface area contributed by atoms with Crippen LogP contribution in [0, 0.1) is 5.92 Å². The Labute approximate surface area is 132 Å². The van der Waals surface area contributed by atoms with Crippen molar-refractivity contribution in [3.8, 4) is 9.88 Å². The number of hydrogen-bond donors (Lipinski definition) is 1. The number of hydrogen-bond acceptors (Lipinski definition) is 4. The summed E-state index contributed by atoms with van der Waals surface area (Å²) >= 11 is 12.0. The van der Waals surface area contributed by atoms with E-state index >= 15 is 0 Å². The minimum absolute atomic E-state index is 0.323.